The van der Waals surface area contributed by atoms with Gasteiger partial charge in [-0.25, -0.2) is 4.79 Å². The summed E-state index contributed by atoms with van der Waals surface area (Å²) in [5.74, 6) is 4.03. The van der Waals surface area contributed by atoms with Gasteiger partial charge in [0.15, 0.2) is 11.5 Å². The summed E-state index contributed by atoms with van der Waals surface area (Å²) < 4.78 is 10.8. The molecule has 1 aromatic rings. The predicted octanol–water partition coefficient (Wildman–Crippen LogP) is 3.48. The number of urea groups is 1. The number of ether oxygens (including phenoxy) is 2. The van der Waals surface area contributed by atoms with Gasteiger partial charge < -0.3 is 14.8 Å². The van der Waals surface area contributed by atoms with Crippen molar-refractivity contribution in [2.75, 3.05) is 13.3 Å². The summed E-state index contributed by atoms with van der Waals surface area (Å²) in [4.78, 5) is 27.0. The minimum absolute atomic E-state index is 0.0857. The average Bonchev–Trinajstić information content (AvgIpc) is 3.23. The van der Waals surface area contributed by atoms with Crippen LogP contribution in [0.2, 0.25) is 0 Å². The van der Waals surface area contributed by atoms with E-state index in [0.29, 0.717) is 24.1 Å². The maximum absolute atomic E-state index is 13.0. The highest BCUT2D eigenvalue weighted by Gasteiger charge is 2.51. The van der Waals surface area contributed by atoms with Crippen molar-refractivity contribution in [3.05, 3.63) is 23.8 Å². The highest BCUT2D eigenvalue weighted by Crippen LogP contribution is 2.61. The second kappa shape index (κ2) is 6.38. The Morgan fingerprint density at radius 2 is 1.69 bits per heavy atom. The van der Waals surface area contributed by atoms with Gasteiger partial charge in [-0.15, -0.1) is 0 Å². The molecule has 1 aromatic carbocycles. The number of fused-ring (bicyclic) bond motifs is 1. The van der Waals surface area contributed by atoms with Crippen LogP contribution in [0.1, 0.15) is 50.5 Å². The molecule has 7 rings (SSSR count). The van der Waals surface area contributed by atoms with E-state index in [1.807, 2.05) is 18.2 Å². The van der Waals surface area contributed by atoms with Crippen molar-refractivity contribution in [3.63, 3.8) is 0 Å². The van der Waals surface area contributed by atoms with E-state index in [9.17, 15) is 9.59 Å². The Kier molecular flexibility index (Phi) is 3.87. The highest BCUT2D eigenvalue weighted by atomic mass is 16.7. The van der Waals surface area contributed by atoms with Gasteiger partial charge in [-0.2, -0.15) is 0 Å². The molecule has 2 heterocycles. The lowest BCUT2D eigenvalue weighted by atomic mass is 9.49. The summed E-state index contributed by atoms with van der Waals surface area (Å²) in [7, 11) is 0. The first-order valence-corrected chi connectivity index (χ1v) is 11.1. The highest BCUT2D eigenvalue weighted by molar-refractivity contribution is 6.04. The van der Waals surface area contributed by atoms with E-state index in [4.69, 9.17) is 9.47 Å². The molecule has 0 radical (unpaired) electrons. The van der Waals surface area contributed by atoms with Crippen molar-refractivity contribution < 1.29 is 19.1 Å². The number of carbonyl (C=O) groups is 2. The molecule has 0 aromatic heterocycles. The van der Waals surface area contributed by atoms with Crippen molar-refractivity contribution in [3.8, 4) is 11.5 Å². The number of imide groups is 1. The standard InChI is InChI=1S/C23H28N2O4/c26-21-18(8-14-1-2-19-20(9-14)29-13-28-19)24-22(27)25(21)4-3-23-10-15-5-16(11-23)7-17(6-15)12-23/h1-2,9,15-18H,3-8,10-13H2,(H,24,27)/t15?,16?,17?,18-,23?/m0/s1. The van der Waals surface area contributed by atoms with Gasteiger partial charge in [-0.05, 0) is 85.8 Å². The Hall–Kier alpha value is -2.24. The van der Waals surface area contributed by atoms with Crippen LogP contribution in [-0.4, -0.2) is 36.2 Å². The van der Waals surface area contributed by atoms with Crippen LogP contribution in [0.4, 0.5) is 4.79 Å². The molecule has 0 unspecified atom stereocenters. The predicted molar refractivity (Wildman–Crippen MR) is 106 cm³/mol. The van der Waals surface area contributed by atoms with Crippen LogP contribution >= 0.6 is 0 Å². The quantitative estimate of drug-likeness (QED) is 0.774. The van der Waals surface area contributed by atoms with Crippen molar-refractivity contribution >= 4 is 11.9 Å². The zero-order valence-electron chi connectivity index (χ0n) is 16.7. The monoisotopic (exact) mass is 396 g/mol. The molecule has 6 nitrogen and oxygen atoms in total. The first-order chi connectivity index (χ1) is 14.1. The average molecular weight is 396 g/mol. The Labute approximate surface area is 170 Å². The van der Waals surface area contributed by atoms with Crippen LogP contribution < -0.4 is 14.8 Å². The molecule has 6 heteroatoms. The molecule has 6 aliphatic rings. The fraction of sp³-hybridized carbons (Fsp3) is 0.652. The number of amides is 3. The lowest BCUT2D eigenvalue weighted by Crippen LogP contribution is -2.47. The number of benzene rings is 1. The molecule has 1 saturated heterocycles. The van der Waals surface area contributed by atoms with Crippen LogP contribution in [0.15, 0.2) is 18.2 Å². The molecule has 2 aliphatic heterocycles. The zero-order valence-corrected chi connectivity index (χ0v) is 16.7. The van der Waals surface area contributed by atoms with E-state index in [-0.39, 0.29) is 18.7 Å². The van der Waals surface area contributed by atoms with Crippen molar-refractivity contribution in [1.82, 2.24) is 10.2 Å². The van der Waals surface area contributed by atoms with Crippen molar-refractivity contribution in [1.29, 1.82) is 0 Å². The molecule has 0 spiro atoms. The molecule has 3 amide bonds. The molecule has 4 bridgehead atoms. The maximum Gasteiger partial charge on any atom is 0.324 e. The van der Waals surface area contributed by atoms with Crippen LogP contribution in [0.3, 0.4) is 0 Å². The van der Waals surface area contributed by atoms with Gasteiger partial charge in [0.2, 0.25) is 6.79 Å². The molecule has 154 valence electrons. The lowest BCUT2D eigenvalue weighted by molar-refractivity contribution is -0.128. The largest absolute Gasteiger partial charge is 0.454 e. The van der Waals surface area contributed by atoms with Crippen LogP contribution in [0.5, 0.6) is 11.5 Å². The fourth-order valence-corrected chi connectivity index (χ4v) is 7.18. The molecular weight excluding hydrogens is 368 g/mol. The molecule has 4 aliphatic carbocycles. The molecule has 1 N–H and O–H groups in total. The SMILES string of the molecule is O=C1N[C@@H](Cc2ccc3c(c2)OCO3)C(=O)N1CCC12CC3CC(CC(C3)C1)C2. The fourth-order valence-electron chi connectivity index (χ4n) is 7.18. The maximum atomic E-state index is 13.0. The van der Waals surface area contributed by atoms with E-state index >= 15 is 0 Å². The Morgan fingerprint density at radius 3 is 2.41 bits per heavy atom. The van der Waals surface area contributed by atoms with Crippen molar-refractivity contribution in [2.24, 2.45) is 23.2 Å². The Morgan fingerprint density at radius 1 is 1.00 bits per heavy atom. The molecule has 1 atom stereocenters. The summed E-state index contributed by atoms with van der Waals surface area (Å²) in [6.07, 6.45) is 9.64. The summed E-state index contributed by atoms with van der Waals surface area (Å²) in [5, 5.41) is 2.89. The van der Waals surface area contributed by atoms with E-state index in [2.05, 4.69) is 5.32 Å². The van der Waals surface area contributed by atoms with E-state index in [0.717, 1.165) is 35.5 Å². The number of carbonyl (C=O) groups excluding carboxylic acids is 2. The van der Waals surface area contributed by atoms with Gasteiger partial charge in [-0.3, -0.25) is 9.69 Å². The van der Waals surface area contributed by atoms with E-state index < -0.39 is 6.04 Å². The number of hydrogen-bond donors (Lipinski definition) is 1. The minimum Gasteiger partial charge on any atom is -0.454 e. The third kappa shape index (κ3) is 2.99. The van der Waals surface area contributed by atoms with Gasteiger partial charge in [0.05, 0.1) is 0 Å². The van der Waals surface area contributed by atoms with Gasteiger partial charge in [0.1, 0.15) is 6.04 Å². The van der Waals surface area contributed by atoms with Gasteiger partial charge in [0.25, 0.3) is 5.91 Å². The molecule has 4 saturated carbocycles. The normalized spacial score (nSPS) is 36.8. The van der Waals surface area contributed by atoms with Gasteiger partial charge >= 0.3 is 6.03 Å². The van der Waals surface area contributed by atoms with E-state index in [1.165, 1.54) is 43.4 Å². The third-order valence-corrected chi connectivity index (χ3v) is 8.01. The van der Waals surface area contributed by atoms with Crippen LogP contribution in [-0.2, 0) is 11.2 Å². The molecule has 5 fully saturated rings. The van der Waals surface area contributed by atoms with E-state index in [1.54, 1.807) is 0 Å². The third-order valence-electron chi connectivity index (χ3n) is 8.01. The van der Waals surface area contributed by atoms with Crippen molar-refractivity contribution in [2.45, 2.75) is 57.4 Å². The number of hydrogen-bond acceptors (Lipinski definition) is 4. The van der Waals surface area contributed by atoms with Gasteiger partial charge in [-0.1, -0.05) is 6.07 Å². The minimum atomic E-state index is -0.487. The van der Waals surface area contributed by atoms with Crippen LogP contribution in [0.25, 0.3) is 0 Å². The topological polar surface area (TPSA) is 67.9 Å². The second-order valence-electron chi connectivity index (χ2n) is 10.1. The lowest BCUT2D eigenvalue weighted by Gasteiger charge is -2.57. The first-order valence-electron chi connectivity index (χ1n) is 11.1. The summed E-state index contributed by atoms with van der Waals surface area (Å²) in [6.45, 7) is 0.796. The second-order valence-corrected chi connectivity index (χ2v) is 10.1. The number of rotatable bonds is 5. The molecule has 29 heavy (non-hydrogen) atoms. The number of nitrogens with one attached hydrogen (secondary N) is 1. The first kappa shape index (κ1) is 17.6. The smallest absolute Gasteiger partial charge is 0.324 e. The summed E-state index contributed by atoms with van der Waals surface area (Å²) >= 11 is 0. The van der Waals surface area contributed by atoms with Gasteiger partial charge in [0, 0.05) is 13.0 Å². The number of nitrogens with zero attached hydrogens (tertiary/aromatic N) is 1. The van der Waals surface area contributed by atoms with Crippen LogP contribution in [0, 0.1) is 23.2 Å². The zero-order chi connectivity index (χ0) is 19.6. The Bertz CT molecular complexity index is 831. The molecular formula is C23H28N2O4. The Balaban J connectivity index is 1.11. The summed E-state index contributed by atoms with van der Waals surface area (Å²) in [5.41, 5.74) is 1.35. The summed E-state index contributed by atoms with van der Waals surface area (Å²) in [6, 6.07) is 4.99.